The first-order valence-corrected chi connectivity index (χ1v) is 7.55. The summed E-state index contributed by atoms with van der Waals surface area (Å²) in [5.41, 5.74) is 7.94. The molecule has 2 rings (SSSR count). The van der Waals surface area contributed by atoms with Crippen LogP contribution >= 0.6 is 11.6 Å². The number of aryl methyl sites for hydroxylation is 1. The van der Waals surface area contributed by atoms with Crippen LogP contribution in [-0.4, -0.2) is 18.4 Å². The van der Waals surface area contributed by atoms with Gasteiger partial charge in [-0.3, -0.25) is 9.59 Å². The third kappa shape index (κ3) is 4.81. The predicted octanol–water partition coefficient (Wildman–Crippen LogP) is 3.19. The molecular weight excluding hydrogens is 314 g/mol. The van der Waals surface area contributed by atoms with Crippen molar-refractivity contribution in [3.05, 3.63) is 58.6 Å². The molecule has 0 bridgehead atoms. The van der Waals surface area contributed by atoms with Crippen LogP contribution in [0.1, 0.15) is 22.3 Å². The van der Waals surface area contributed by atoms with Crippen molar-refractivity contribution in [2.75, 3.05) is 17.2 Å². The highest BCUT2D eigenvalue weighted by molar-refractivity contribution is 6.31. The van der Waals surface area contributed by atoms with Gasteiger partial charge in [0.25, 0.3) is 5.91 Å². The number of benzene rings is 2. The Bertz CT molecular complexity index is 732. The quantitative estimate of drug-likeness (QED) is 0.786. The standard InChI is InChI=1S/C17H18ClN3O2/c1-11-5-6-14(20-16(22)7-8-19)10-15(11)21-17(23)12-3-2-4-13(18)9-12/h2-6,9-10H,7-8,19H2,1H3,(H,20,22)(H,21,23). The van der Waals surface area contributed by atoms with Crippen LogP contribution in [0.4, 0.5) is 11.4 Å². The molecule has 0 heterocycles. The monoisotopic (exact) mass is 331 g/mol. The minimum absolute atomic E-state index is 0.163. The molecule has 0 aromatic heterocycles. The van der Waals surface area contributed by atoms with Crippen molar-refractivity contribution < 1.29 is 9.59 Å². The van der Waals surface area contributed by atoms with Crippen molar-refractivity contribution in [3.63, 3.8) is 0 Å². The zero-order valence-electron chi connectivity index (χ0n) is 12.7. The summed E-state index contributed by atoms with van der Waals surface area (Å²) in [6.07, 6.45) is 0.248. The topological polar surface area (TPSA) is 84.2 Å². The van der Waals surface area contributed by atoms with Gasteiger partial charge < -0.3 is 16.4 Å². The molecule has 0 atom stereocenters. The minimum atomic E-state index is -0.263. The Morgan fingerprint density at radius 3 is 2.61 bits per heavy atom. The van der Waals surface area contributed by atoms with Gasteiger partial charge in [-0.25, -0.2) is 0 Å². The summed E-state index contributed by atoms with van der Waals surface area (Å²) in [4.78, 5) is 23.9. The van der Waals surface area contributed by atoms with E-state index in [1.165, 1.54) is 0 Å². The molecule has 0 saturated heterocycles. The molecule has 6 heteroatoms. The van der Waals surface area contributed by atoms with Gasteiger partial charge in [0, 0.05) is 34.9 Å². The van der Waals surface area contributed by atoms with Crippen LogP contribution in [0.5, 0.6) is 0 Å². The zero-order valence-corrected chi connectivity index (χ0v) is 13.5. The van der Waals surface area contributed by atoms with E-state index in [2.05, 4.69) is 10.6 Å². The molecule has 5 nitrogen and oxygen atoms in total. The summed E-state index contributed by atoms with van der Waals surface area (Å²) in [5, 5.41) is 6.06. The third-order valence-corrected chi connectivity index (χ3v) is 3.46. The number of carbonyl (C=O) groups excluding carboxylic acids is 2. The molecule has 0 spiro atoms. The van der Waals surface area contributed by atoms with Crippen molar-refractivity contribution in [2.45, 2.75) is 13.3 Å². The van der Waals surface area contributed by atoms with E-state index in [1.54, 1.807) is 36.4 Å². The minimum Gasteiger partial charge on any atom is -0.330 e. The maximum Gasteiger partial charge on any atom is 0.255 e. The molecule has 0 saturated carbocycles. The first-order chi connectivity index (χ1) is 11.0. The maximum absolute atomic E-state index is 12.3. The average molecular weight is 332 g/mol. The van der Waals surface area contributed by atoms with Crippen molar-refractivity contribution >= 4 is 34.8 Å². The molecule has 0 fully saturated rings. The molecule has 120 valence electrons. The molecule has 0 unspecified atom stereocenters. The van der Waals surface area contributed by atoms with E-state index in [4.69, 9.17) is 17.3 Å². The lowest BCUT2D eigenvalue weighted by Gasteiger charge is -2.12. The Kier molecular flexibility index (Phi) is 5.73. The van der Waals surface area contributed by atoms with Crippen LogP contribution in [0.3, 0.4) is 0 Å². The molecule has 0 aliphatic rings. The van der Waals surface area contributed by atoms with Gasteiger partial charge in [-0.05, 0) is 42.8 Å². The predicted molar refractivity (Wildman–Crippen MR) is 92.9 cm³/mol. The molecule has 23 heavy (non-hydrogen) atoms. The number of rotatable bonds is 5. The summed E-state index contributed by atoms with van der Waals surface area (Å²) in [7, 11) is 0. The van der Waals surface area contributed by atoms with E-state index in [-0.39, 0.29) is 24.8 Å². The number of nitrogens with two attached hydrogens (primary N) is 1. The third-order valence-electron chi connectivity index (χ3n) is 3.23. The number of amides is 2. The number of halogens is 1. The van der Waals surface area contributed by atoms with Crippen molar-refractivity contribution in [3.8, 4) is 0 Å². The van der Waals surface area contributed by atoms with Gasteiger partial charge in [0.1, 0.15) is 0 Å². The number of nitrogens with one attached hydrogen (secondary N) is 2. The summed E-state index contributed by atoms with van der Waals surface area (Å²) < 4.78 is 0. The highest BCUT2D eigenvalue weighted by Gasteiger charge is 2.10. The molecular formula is C17H18ClN3O2. The Hall–Kier alpha value is -2.37. The fourth-order valence-corrected chi connectivity index (χ4v) is 2.20. The number of hydrogen-bond acceptors (Lipinski definition) is 3. The van der Waals surface area contributed by atoms with Crippen molar-refractivity contribution in [1.29, 1.82) is 0 Å². The normalized spacial score (nSPS) is 10.2. The number of anilines is 2. The Balaban J connectivity index is 2.15. The average Bonchev–Trinajstić information content (AvgIpc) is 2.51. The van der Waals surface area contributed by atoms with Gasteiger partial charge in [0.2, 0.25) is 5.91 Å². The highest BCUT2D eigenvalue weighted by atomic mass is 35.5. The smallest absolute Gasteiger partial charge is 0.255 e. The van der Waals surface area contributed by atoms with Crippen LogP contribution in [0.2, 0.25) is 5.02 Å². The van der Waals surface area contributed by atoms with Crippen molar-refractivity contribution in [1.82, 2.24) is 0 Å². The fourth-order valence-electron chi connectivity index (χ4n) is 2.01. The maximum atomic E-state index is 12.3. The molecule has 0 aliphatic heterocycles. The van der Waals surface area contributed by atoms with Crippen LogP contribution in [0, 0.1) is 6.92 Å². The number of carbonyl (C=O) groups is 2. The van der Waals surface area contributed by atoms with Gasteiger partial charge in [-0.15, -0.1) is 0 Å². The van der Waals surface area contributed by atoms with E-state index >= 15 is 0 Å². The Labute approximate surface area is 139 Å². The summed E-state index contributed by atoms with van der Waals surface area (Å²) in [6.45, 7) is 2.16. The molecule has 2 amide bonds. The Morgan fingerprint density at radius 2 is 1.91 bits per heavy atom. The molecule has 0 radical (unpaired) electrons. The van der Waals surface area contributed by atoms with Gasteiger partial charge in [0.15, 0.2) is 0 Å². The number of hydrogen-bond donors (Lipinski definition) is 3. The van der Waals surface area contributed by atoms with Gasteiger partial charge in [-0.2, -0.15) is 0 Å². The molecule has 0 aliphatic carbocycles. The highest BCUT2D eigenvalue weighted by Crippen LogP contribution is 2.21. The largest absolute Gasteiger partial charge is 0.330 e. The Morgan fingerprint density at radius 1 is 1.13 bits per heavy atom. The second-order valence-corrected chi connectivity index (χ2v) is 5.52. The van der Waals surface area contributed by atoms with E-state index in [1.807, 2.05) is 13.0 Å². The summed E-state index contributed by atoms with van der Waals surface area (Å²) >= 11 is 5.90. The zero-order chi connectivity index (χ0) is 16.8. The molecule has 2 aromatic rings. The second-order valence-electron chi connectivity index (χ2n) is 5.08. The van der Waals surface area contributed by atoms with E-state index in [0.29, 0.717) is 22.0 Å². The summed E-state index contributed by atoms with van der Waals surface area (Å²) in [6, 6.07) is 12.0. The SMILES string of the molecule is Cc1ccc(NC(=O)CCN)cc1NC(=O)c1cccc(Cl)c1. The first-order valence-electron chi connectivity index (χ1n) is 7.17. The van der Waals surface area contributed by atoms with Gasteiger partial charge in [0.05, 0.1) is 0 Å². The molecule has 4 N–H and O–H groups in total. The van der Waals surface area contributed by atoms with Crippen molar-refractivity contribution in [2.24, 2.45) is 5.73 Å². The lowest BCUT2D eigenvalue weighted by molar-refractivity contribution is -0.116. The first kappa shape index (κ1) is 17.0. The fraction of sp³-hybridized carbons (Fsp3) is 0.176. The summed E-state index contributed by atoms with van der Waals surface area (Å²) in [5.74, 6) is -0.426. The van der Waals surface area contributed by atoms with Crippen LogP contribution in [0.15, 0.2) is 42.5 Å². The lowest BCUT2D eigenvalue weighted by Crippen LogP contribution is -2.17. The molecule has 2 aromatic carbocycles. The van der Waals surface area contributed by atoms with Crippen LogP contribution < -0.4 is 16.4 Å². The van der Waals surface area contributed by atoms with E-state index < -0.39 is 0 Å². The van der Waals surface area contributed by atoms with Gasteiger partial charge in [-0.1, -0.05) is 23.7 Å². The lowest BCUT2D eigenvalue weighted by atomic mass is 10.1. The van der Waals surface area contributed by atoms with Crippen LogP contribution in [0.25, 0.3) is 0 Å². The second kappa shape index (κ2) is 7.76. The van der Waals surface area contributed by atoms with Crippen LogP contribution in [-0.2, 0) is 4.79 Å². The van der Waals surface area contributed by atoms with E-state index in [0.717, 1.165) is 5.56 Å². The van der Waals surface area contributed by atoms with E-state index in [9.17, 15) is 9.59 Å². The van der Waals surface area contributed by atoms with Gasteiger partial charge >= 0.3 is 0 Å².